The van der Waals surface area contributed by atoms with E-state index in [4.69, 9.17) is 4.79 Å². The Morgan fingerprint density at radius 2 is 1.78 bits per heavy atom. The van der Waals surface area contributed by atoms with Crippen LogP contribution < -0.4 is 5.73 Å². The first-order valence-corrected chi connectivity index (χ1v) is 2.45. The summed E-state index contributed by atoms with van der Waals surface area (Å²) >= 11 is 0. The number of carbonyl (C=O) groups excluding carboxylic acids is 1. The fourth-order valence-corrected chi connectivity index (χ4v) is 0.118. The summed E-state index contributed by atoms with van der Waals surface area (Å²) in [6.07, 6.45) is 0.653. The molecule has 0 bridgehead atoms. The van der Waals surface area contributed by atoms with E-state index < -0.39 is 0 Å². The Bertz CT molecular complexity index is 47.5. The largest absolute Gasteiger partial charge is 0.359 e. The number of aldehydes is 1. The summed E-state index contributed by atoms with van der Waals surface area (Å²) in [6, 6.07) is 0. The molecule has 0 heterocycles. The Hall–Kier alpha value is -0.450. The molecule has 9 heavy (non-hydrogen) atoms. The minimum atomic E-state index is 0.139. The maximum absolute atomic E-state index is 9.05. The Kier molecular flexibility index (Phi) is 19.7. The molecule has 0 amide bonds. The molecule has 0 aromatic rings. The molecule has 0 aromatic carbocycles. The number of hydrogen-bond donors (Lipinski definition) is 1. The highest BCUT2D eigenvalue weighted by atomic mass is 16.6. The van der Waals surface area contributed by atoms with E-state index in [9.17, 15) is 0 Å². The molecule has 0 aliphatic heterocycles. The van der Waals surface area contributed by atoms with Crippen molar-refractivity contribution in [2.24, 2.45) is 5.73 Å². The first kappa shape index (κ1) is 11.4. The molecule has 56 valence electrons. The van der Waals surface area contributed by atoms with Crippen LogP contribution in [0.4, 0.5) is 0 Å². The molecule has 0 rings (SSSR count). The molecule has 0 spiro atoms. The first-order valence-electron chi connectivity index (χ1n) is 2.45. The number of hydrogen-bond acceptors (Lipinski definition) is 4. The summed E-state index contributed by atoms with van der Waals surface area (Å²) in [7, 11) is 3.17. The summed E-state index contributed by atoms with van der Waals surface area (Å²) in [6.45, 7) is 0.528. The fraction of sp³-hybridized carbons (Fsp3) is 0.800. The first-order chi connectivity index (χ1) is 4.33. The van der Waals surface area contributed by atoms with Crippen molar-refractivity contribution < 1.29 is 14.3 Å². The predicted molar refractivity (Wildman–Crippen MR) is 34.0 cm³/mol. The van der Waals surface area contributed by atoms with Crippen molar-refractivity contribution in [1.82, 2.24) is 0 Å². The van der Waals surface area contributed by atoms with Crippen LogP contribution in [0.1, 0.15) is 0 Å². The molecule has 0 fully saturated rings. The van der Waals surface area contributed by atoms with Crippen molar-refractivity contribution in [3.63, 3.8) is 0 Å². The van der Waals surface area contributed by atoms with Gasteiger partial charge in [0, 0.05) is 20.8 Å². The summed E-state index contributed by atoms with van der Waals surface area (Å²) < 4.78 is 8.94. The van der Waals surface area contributed by atoms with Crippen molar-refractivity contribution in [1.29, 1.82) is 0 Å². The molecule has 4 nitrogen and oxygen atoms in total. The average molecular weight is 135 g/mol. The van der Waals surface area contributed by atoms with Crippen LogP contribution in [-0.2, 0) is 14.3 Å². The van der Waals surface area contributed by atoms with E-state index in [0.29, 0.717) is 13.1 Å². The van der Waals surface area contributed by atoms with Crippen molar-refractivity contribution in [3.05, 3.63) is 0 Å². The van der Waals surface area contributed by atoms with E-state index in [1.807, 2.05) is 0 Å². The second-order valence-corrected chi connectivity index (χ2v) is 1.10. The van der Waals surface area contributed by atoms with E-state index in [1.165, 1.54) is 0 Å². The van der Waals surface area contributed by atoms with E-state index in [1.54, 1.807) is 14.2 Å². The molecule has 0 radical (unpaired) electrons. The van der Waals surface area contributed by atoms with Gasteiger partial charge in [-0.2, -0.15) is 0 Å². The lowest BCUT2D eigenvalue weighted by atomic mass is 10.8. The zero-order valence-electron chi connectivity index (χ0n) is 5.79. The molecule has 2 N–H and O–H groups in total. The Morgan fingerprint density at radius 3 is 1.78 bits per heavy atom. The Balaban J connectivity index is 0. The summed E-state index contributed by atoms with van der Waals surface area (Å²) in [5.74, 6) is 0. The Morgan fingerprint density at radius 1 is 1.44 bits per heavy atom. The molecule has 4 heteroatoms. The van der Waals surface area contributed by atoms with Crippen LogP contribution >= 0.6 is 0 Å². The summed E-state index contributed by atoms with van der Waals surface area (Å²) in [5.41, 5.74) is 4.66. The molecule has 0 aliphatic rings. The molecular formula is C5H13NO3. The van der Waals surface area contributed by atoms with Gasteiger partial charge in [0.05, 0.1) is 0 Å². The zero-order valence-corrected chi connectivity index (χ0v) is 5.79. The molecular weight excluding hydrogens is 122 g/mol. The van der Waals surface area contributed by atoms with Crippen LogP contribution in [0.25, 0.3) is 0 Å². The SMILES string of the molecule is COCOC.NCC=O. The maximum atomic E-state index is 9.05. The molecule has 0 aliphatic carbocycles. The summed E-state index contributed by atoms with van der Waals surface area (Å²) in [4.78, 5) is 9.05. The third-order valence-electron chi connectivity index (χ3n) is 0.332. The van der Waals surface area contributed by atoms with E-state index >= 15 is 0 Å². The molecule has 0 unspecified atom stereocenters. The van der Waals surface area contributed by atoms with Gasteiger partial charge in [-0.15, -0.1) is 0 Å². The highest BCUT2D eigenvalue weighted by Crippen LogP contribution is 1.60. The fourth-order valence-electron chi connectivity index (χ4n) is 0.118. The topological polar surface area (TPSA) is 61.6 Å². The smallest absolute Gasteiger partial charge is 0.145 e. The second kappa shape index (κ2) is 15.6. The lowest BCUT2D eigenvalue weighted by Gasteiger charge is -1.87. The minimum absolute atomic E-state index is 0.139. The second-order valence-electron chi connectivity index (χ2n) is 1.10. The van der Waals surface area contributed by atoms with Gasteiger partial charge in [-0.25, -0.2) is 0 Å². The van der Waals surface area contributed by atoms with E-state index in [-0.39, 0.29) is 6.54 Å². The lowest BCUT2D eigenvalue weighted by molar-refractivity contribution is -0.106. The minimum Gasteiger partial charge on any atom is -0.359 e. The standard InChI is InChI=1S/C3H8O2.C2H5NO/c1-4-3-5-2;3-1-2-4/h3H2,1-2H3;2H,1,3H2. The third-order valence-corrected chi connectivity index (χ3v) is 0.332. The highest BCUT2D eigenvalue weighted by molar-refractivity contribution is 5.51. The van der Waals surface area contributed by atoms with Crippen molar-refractivity contribution in [2.75, 3.05) is 27.6 Å². The van der Waals surface area contributed by atoms with Crippen LogP contribution in [0, 0.1) is 0 Å². The van der Waals surface area contributed by atoms with Crippen LogP contribution in [0.5, 0.6) is 0 Å². The van der Waals surface area contributed by atoms with Crippen molar-refractivity contribution in [2.45, 2.75) is 0 Å². The van der Waals surface area contributed by atoms with Gasteiger partial charge >= 0.3 is 0 Å². The normalized spacial score (nSPS) is 7.44. The zero-order chi connectivity index (χ0) is 7.54. The van der Waals surface area contributed by atoms with Gasteiger partial charge in [0.1, 0.15) is 13.1 Å². The van der Waals surface area contributed by atoms with Gasteiger partial charge in [-0.1, -0.05) is 0 Å². The number of carbonyl (C=O) groups is 1. The predicted octanol–water partition coefficient (Wildman–Crippen LogP) is -0.619. The van der Waals surface area contributed by atoms with Gasteiger partial charge < -0.3 is 20.0 Å². The lowest BCUT2D eigenvalue weighted by Crippen LogP contribution is -1.97. The van der Waals surface area contributed by atoms with Crippen molar-refractivity contribution >= 4 is 6.29 Å². The number of nitrogens with two attached hydrogens (primary N) is 1. The van der Waals surface area contributed by atoms with Crippen LogP contribution in [-0.4, -0.2) is 33.8 Å². The number of methoxy groups -OCH3 is 2. The molecule has 0 aromatic heterocycles. The van der Waals surface area contributed by atoms with E-state index in [2.05, 4.69) is 15.2 Å². The summed E-state index contributed by atoms with van der Waals surface area (Å²) in [5, 5.41) is 0. The van der Waals surface area contributed by atoms with Crippen LogP contribution in [0.2, 0.25) is 0 Å². The average Bonchev–Trinajstić information content (AvgIpc) is 1.91. The van der Waals surface area contributed by atoms with Gasteiger partial charge in [0.2, 0.25) is 0 Å². The monoisotopic (exact) mass is 135 g/mol. The maximum Gasteiger partial charge on any atom is 0.145 e. The van der Waals surface area contributed by atoms with Gasteiger partial charge in [-0.3, -0.25) is 0 Å². The third kappa shape index (κ3) is 35.8. The number of ether oxygens (including phenoxy) is 2. The molecule has 0 saturated heterocycles. The quantitative estimate of drug-likeness (QED) is 0.414. The highest BCUT2D eigenvalue weighted by Gasteiger charge is 1.63. The number of rotatable bonds is 3. The van der Waals surface area contributed by atoms with Gasteiger partial charge in [0.15, 0.2) is 0 Å². The van der Waals surface area contributed by atoms with E-state index in [0.717, 1.165) is 0 Å². The van der Waals surface area contributed by atoms with Gasteiger partial charge in [0.25, 0.3) is 0 Å². The van der Waals surface area contributed by atoms with Crippen LogP contribution in [0.15, 0.2) is 0 Å². The van der Waals surface area contributed by atoms with Crippen LogP contribution in [0.3, 0.4) is 0 Å². The molecule has 0 saturated carbocycles. The Labute approximate surface area is 54.9 Å². The van der Waals surface area contributed by atoms with Gasteiger partial charge in [-0.05, 0) is 0 Å². The van der Waals surface area contributed by atoms with Crippen molar-refractivity contribution in [3.8, 4) is 0 Å². The molecule has 0 atom stereocenters.